The van der Waals surface area contributed by atoms with Crippen molar-refractivity contribution in [3.05, 3.63) is 0 Å². The molecule has 2 saturated carbocycles. The molecule has 4 rings (SSSR count). The van der Waals surface area contributed by atoms with Crippen molar-refractivity contribution in [2.75, 3.05) is 19.7 Å². The van der Waals surface area contributed by atoms with Crippen LogP contribution < -0.4 is 26.6 Å². The van der Waals surface area contributed by atoms with Gasteiger partial charge in [0.25, 0.3) is 0 Å². The average molecular weight is 595 g/mol. The zero-order chi connectivity index (χ0) is 28.3. The number of sulfonamides is 1. The summed E-state index contributed by atoms with van der Waals surface area (Å²) in [6.45, 7) is -0.815. The Balaban J connectivity index is 1.32. The van der Waals surface area contributed by atoms with Crippen LogP contribution in [0.2, 0.25) is 0 Å². The van der Waals surface area contributed by atoms with E-state index in [0.29, 0.717) is 51.6 Å². The van der Waals surface area contributed by atoms with Crippen molar-refractivity contribution in [2.45, 2.75) is 119 Å². The lowest BCUT2D eigenvalue weighted by Gasteiger charge is -2.44. The van der Waals surface area contributed by atoms with Crippen LogP contribution in [0.4, 0.5) is 26.3 Å². The second-order valence-electron chi connectivity index (χ2n) is 11.1. The maximum absolute atomic E-state index is 13.3. The Morgan fingerprint density at radius 3 is 2.03 bits per heavy atom. The van der Waals surface area contributed by atoms with Crippen LogP contribution in [0.5, 0.6) is 0 Å². The summed E-state index contributed by atoms with van der Waals surface area (Å²) >= 11 is 0. The third kappa shape index (κ3) is 9.20. The fourth-order valence-electron chi connectivity index (χ4n) is 6.04. The molecule has 6 atom stereocenters. The molecule has 39 heavy (non-hydrogen) atoms. The van der Waals surface area contributed by atoms with E-state index in [-0.39, 0.29) is 24.1 Å². The molecule has 228 valence electrons. The molecule has 0 aromatic rings. The Bertz CT molecular complexity index is 825. The minimum absolute atomic E-state index is 0.0609. The molecule has 0 bridgehead atoms. The molecule has 0 spiro atoms. The van der Waals surface area contributed by atoms with Crippen LogP contribution in [-0.4, -0.2) is 77.2 Å². The monoisotopic (exact) mass is 594 g/mol. The first-order chi connectivity index (χ1) is 18.3. The number of piperidine rings is 1. The van der Waals surface area contributed by atoms with Gasteiger partial charge in [0, 0.05) is 25.2 Å². The molecule has 2 saturated heterocycles. The van der Waals surface area contributed by atoms with Gasteiger partial charge < -0.3 is 9.29 Å². The normalized spacial score (nSPS) is 34.6. The predicted octanol–water partition coefficient (Wildman–Crippen LogP) is 2.84. The quantitative estimate of drug-likeness (QED) is 0.216. The molecule has 6 unspecified atom stereocenters. The van der Waals surface area contributed by atoms with Crippen LogP contribution in [0.25, 0.3) is 0 Å². The van der Waals surface area contributed by atoms with Crippen LogP contribution in [0.3, 0.4) is 0 Å². The summed E-state index contributed by atoms with van der Waals surface area (Å²) in [7, 11) is -3.36. The third-order valence-electron chi connectivity index (χ3n) is 8.11. The zero-order valence-corrected chi connectivity index (χ0v) is 22.6. The molecular formula is C23H40F6N6O3S. The van der Waals surface area contributed by atoms with E-state index in [1.165, 1.54) is 0 Å². The van der Waals surface area contributed by atoms with E-state index in [1.807, 2.05) is 0 Å². The first-order valence-electron chi connectivity index (χ1n) is 13.8. The van der Waals surface area contributed by atoms with Crippen LogP contribution in [0.15, 0.2) is 0 Å². The smallest absolute Gasteiger partial charge is 0.411 e. The van der Waals surface area contributed by atoms with Crippen LogP contribution in [-0.2, 0) is 19.3 Å². The molecule has 2 aliphatic carbocycles. The average Bonchev–Trinajstić information content (AvgIpc) is 2.87. The molecule has 9 nitrogen and oxygen atoms in total. The van der Waals surface area contributed by atoms with Gasteiger partial charge in [0.2, 0.25) is 0 Å². The van der Waals surface area contributed by atoms with E-state index in [2.05, 4.69) is 26.6 Å². The van der Waals surface area contributed by atoms with E-state index >= 15 is 0 Å². The second-order valence-corrected chi connectivity index (χ2v) is 13.3. The lowest BCUT2D eigenvalue weighted by molar-refractivity contribution is -0.199. The standard InChI is InChI=1S/C23H40F6N6O3S/c24-22(25,26)14-38-21-33-19(32-20(34-21)31-17-6-4-5-15(13-17)23(27,28)29)30-16-9-11-35(12-10-16)39(36,37)18-7-2-1-3-8-18/h15-21,30-34H,1-14H2. The van der Waals surface area contributed by atoms with Gasteiger partial charge >= 0.3 is 12.4 Å². The molecule has 5 N–H and O–H groups in total. The summed E-state index contributed by atoms with van der Waals surface area (Å²) in [5.74, 6) is -1.42. The number of halogens is 6. The lowest BCUT2D eigenvalue weighted by atomic mass is 9.85. The molecule has 0 aromatic heterocycles. The van der Waals surface area contributed by atoms with Crippen molar-refractivity contribution in [3.63, 3.8) is 0 Å². The highest BCUT2D eigenvalue weighted by Gasteiger charge is 2.44. The number of nitrogens with one attached hydrogen (secondary N) is 5. The SMILES string of the molecule is O=[S+]([O-])(C1CCCCC1)N1CCC(NC2NC(NC3CCCC(C(F)(F)F)C3)NC(OCC(F)(F)F)N2)CC1. The zero-order valence-electron chi connectivity index (χ0n) is 21.8. The molecule has 4 aliphatic rings. The summed E-state index contributed by atoms with van der Waals surface area (Å²) in [6, 6.07) is -0.607. The topological polar surface area (TPSA) is 113 Å². The van der Waals surface area contributed by atoms with Crippen molar-refractivity contribution in [3.8, 4) is 0 Å². The minimum atomic E-state index is -4.56. The predicted molar refractivity (Wildman–Crippen MR) is 131 cm³/mol. The Labute approximate surface area is 226 Å². The molecule has 4 fully saturated rings. The second kappa shape index (κ2) is 13.2. The third-order valence-corrected chi connectivity index (χ3v) is 10.5. The number of alkyl halides is 6. The van der Waals surface area contributed by atoms with Gasteiger partial charge in [0.15, 0.2) is 6.35 Å². The molecule has 2 aliphatic heterocycles. The Morgan fingerprint density at radius 1 is 0.821 bits per heavy atom. The molecule has 2 heterocycles. The van der Waals surface area contributed by atoms with Crippen LogP contribution in [0, 0.1) is 5.92 Å². The summed E-state index contributed by atoms with van der Waals surface area (Å²) in [4.78, 5) is 0. The van der Waals surface area contributed by atoms with Gasteiger partial charge in [0.05, 0.1) is 5.92 Å². The lowest BCUT2D eigenvalue weighted by Crippen LogP contribution is -2.76. The van der Waals surface area contributed by atoms with E-state index in [4.69, 9.17) is 4.74 Å². The summed E-state index contributed by atoms with van der Waals surface area (Å²) in [5, 5.41) is 14.8. The van der Waals surface area contributed by atoms with E-state index in [1.54, 1.807) is 4.31 Å². The maximum atomic E-state index is 13.3. The van der Waals surface area contributed by atoms with Crippen molar-refractivity contribution in [1.29, 1.82) is 0 Å². The van der Waals surface area contributed by atoms with E-state index < -0.39 is 60.3 Å². The molecule has 16 heteroatoms. The molecule has 0 aromatic carbocycles. The summed E-state index contributed by atoms with van der Waals surface area (Å²) in [5.41, 5.74) is 0. The number of nitrogens with zero attached hydrogens (tertiary/aromatic N) is 1. The maximum Gasteiger partial charge on any atom is 0.411 e. The highest BCUT2D eigenvalue weighted by atomic mass is 32.3. The van der Waals surface area contributed by atoms with Gasteiger partial charge in [-0.25, -0.2) is 0 Å². The van der Waals surface area contributed by atoms with Crippen LogP contribution in [0.1, 0.15) is 70.6 Å². The number of hydrogen-bond donors (Lipinski definition) is 5. The van der Waals surface area contributed by atoms with Crippen molar-refractivity contribution < 1.29 is 39.8 Å². The van der Waals surface area contributed by atoms with Crippen LogP contribution >= 0.6 is 0 Å². The fraction of sp³-hybridized carbons (Fsp3) is 1.00. The van der Waals surface area contributed by atoms with Gasteiger partial charge in [-0.05, 0) is 57.8 Å². The van der Waals surface area contributed by atoms with Crippen molar-refractivity contribution >= 4 is 10.4 Å². The highest BCUT2D eigenvalue weighted by molar-refractivity contribution is 7.96. The minimum Gasteiger partial charge on any atom is -0.597 e. The summed E-state index contributed by atoms with van der Waals surface area (Å²) < 4.78 is 111. The fourth-order valence-corrected chi connectivity index (χ4v) is 8.11. The Hall–Kier alpha value is -0.590. The number of hydrogen-bond acceptors (Lipinski definition) is 8. The Morgan fingerprint density at radius 2 is 1.44 bits per heavy atom. The van der Waals surface area contributed by atoms with Gasteiger partial charge in [0.1, 0.15) is 34.8 Å². The van der Waals surface area contributed by atoms with Gasteiger partial charge in [-0.1, -0.05) is 17.1 Å². The molecule has 0 radical (unpaired) electrons. The number of rotatable bonds is 8. The van der Waals surface area contributed by atoms with Gasteiger partial charge in [-0.15, -0.1) is 4.31 Å². The van der Waals surface area contributed by atoms with Crippen molar-refractivity contribution in [2.24, 2.45) is 5.92 Å². The van der Waals surface area contributed by atoms with Gasteiger partial charge in [-0.3, -0.25) is 26.6 Å². The number of ether oxygens (including phenoxy) is 1. The largest absolute Gasteiger partial charge is 0.597 e. The van der Waals surface area contributed by atoms with E-state index in [9.17, 15) is 35.1 Å². The first-order valence-corrected chi connectivity index (χ1v) is 15.3. The Kier molecular flexibility index (Phi) is 10.6. The molecular weight excluding hydrogens is 554 g/mol. The van der Waals surface area contributed by atoms with E-state index in [0.717, 1.165) is 19.3 Å². The van der Waals surface area contributed by atoms with Gasteiger partial charge in [-0.2, -0.15) is 26.3 Å². The van der Waals surface area contributed by atoms with Crippen molar-refractivity contribution in [1.82, 2.24) is 30.9 Å². The highest BCUT2D eigenvalue weighted by Crippen LogP contribution is 2.37. The molecule has 0 amide bonds. The first kappa shape index (κ1) is 31.3. The summed E-state index contributed by atoms with van der Waals surface area (Å²) in [6.07, 6.45) is -5.48.